The molecule has 2 N–H and O–H groups in total. The van der Waals surface area contributed by atoms with Gasteiger partial charge in [-0.2, -0.15) is 0 Å². The van der Waals surface area contributed by atoms with Crippen LogP contribution in [0.4, 0.5) is 0 Å². The molecule has 0 aromatic carbocycles. The van der Waals surface area contributed by atoms with Crippen molar-refractivity contribution in [3.63, 3.8) is 0 Å². The summed E-state index contributed by atoms with van der Waals surface area (Å²) in [4.78, 5) is 0. The van der Waals surface area contributed by atoms with Gasteiger partial charge in [0.15, 0.2) is 0 Å². The molecule has 0 saturated heterocycles. The molecule has 0 aliphatic heterocycles. The van der Waals surface area contributed by atoms with Crippen LogP contribution >= 0.6 is 0 Å². The van der Waals surface area contributed by atoms with E-state index in [2.05, 4.69) is 0 Å². The third kappa shape index (κ3) is 1.96. The summed E-state index contributed by atoms with van der Waals surface area (Å²) in [6, 6.07) is 0.148. The van der Waals surface area contributed by atoms with E-state index in [-0.39, 0.29) is 12.1 Å². The lowest BCUT2D eigenvalue weighted by molar-refractivity contribution is 0.0966. The van der Waals surface area contributed by atoms with E-state index in [0.29, 0.717) is 5.92 Å². The Morgan fingerprint density at radius 3 is 2.20 bits per heavy atom. The van der Waals surface area contributed by atoms with Crippen LogP contribution in [0.1, 0.15) is 32.6 Å². The monoisotopic (exact) mass is 142 g/mol. The van der Waals surface area contributed by atoms with Crippen molar-refractivity contribution in [2.24, 2.45) is 5.92 Å². The van der Waals surface area contributed by atoms with Gasteiger partial charge in [0.1, 0.15) is 0 Å². The van der Waals surface area contributed by atoms with E-state index in [0.717, 1.165) is 25.7 Å². The van der Waals surface area contributed by atoms with E-state index in [1.54, 1.807) is 0 Å². The normalized spacial score (nSPS) is 37.5. The van der Waals surface area contributed by atoms with Crippen molar-refractivity contribution in [2.75, 3.05) is 0 Å². The predicted octanol–water partition coefficient (Wildman–Crippen LogP) is 1.21. The molecule has 0 amide bonds. The van der Waals surface area contributed by atoms with Gasteiger partial charge in [-0.1, -0.05) is 0 Å². The SMILES string of the molecule is CC(O)[C@H]1CC[C@@H]([NH])CC1. The number of nitrogens with one attached hydrogen (secondary N) is 1. The molecule has 1 radical (unpaired) electrons. The molecule has 2 heteroatoms. The first-order valence-corrected chi connectivity index (χ1v) is 4.09. The number of hydrogen-bond donors (Lipinski definition) is 1. The van der Waals surface area contributed by atoms with Crippen LogP contribution in [0.25, 0.3) is 0 Å². The Balaban J connectivity index is 2.26. The number of rotatable bonds is 1. The highest BCUT2D eigenvalue weighted by molar-refractivity contribution is 4.76. The third-order valence-electron chi connectivity index (χ3n) is 2.45. The molecule has 1 rings (SSSR count). The van der Waals surface area contributed by atoms with Gasteiger partial charge in [-0.15, -0.1) is 0 Å². The molecule has 1 unspecified atom stereocenters. The fraction of sp³-hybridized carbons (Fsp3) is 1.00. The smallest absolute Gasteiger partial charge is 0.0540 e. The van der Waals surface area contributed by atoms with Crippen molar-refractivity contribution in [3.05, 3.63) is 0 Å². The van der Waals surface area contributed by atoms with E-state index in [4.69, 9.17) is 5.73 Å². The molecule has 0 bridgehead atoms. The summed E-state index contributed by atoms with van der Waals surface area (Å²) in [6.07, 6.45) is 3.90. The van der Waals surface area contributed by atoms with Gasteiger partial charge in [-0.05, 0) is 38.5 Å². The Morgan fingerprint density at radius 2 is 1.80 bits per heavy atom. The lowest BCUT2D eigenvalue weighted by Crippen LogP contribution is -2.26. The van der Waals surface area contributed by atoms with Gasteiger partial charge in [-0.3, -0.25) is 5.73 Å². The van der Waals surface area contributed by atoms with Crippen LogP contribution in [0.2, 0.25) is 0 Å². The summed E-state index contributed by atoms with van der Waals surface area (Å²) < 4.78 is 0. The third-order valence-corrected chi connectivity index (χ3v) is 2.45. The minimum absolute atomic E-state index is 0.148. The highest BCUT2D eigenvalue weighted by atomic mass is 16.3. The fourth-order valence-corrected chi connectivity index (χ4v) is 1.60. The Hall–Kier alpha value is -0.0800. The van der Waals surface area contributed by atoms with Gasteiger partial charge in [0, 0.05) is 6.04 Å². The van der Waals surface area contributed by atoms with E-state index >= 15 is 0 Å². The molecule has 59 valence electrons. The van der Waals surface area contributed by atoms with Gasteiger partial charge >= 0.3 is 0 Å². The summed E-state index contributed by atoms with van der Waals surface area (Å²) in [6.45, 7) is 1.86. The van der Waals surface area contributed by atoms with Crippen molar-refractivity contribution >= 4 is 0 Å². The zero-order valence-electron chi connectivity index (χ0n) is 6.51. The molecule has 10 heavy (non-hydrogen) atoms. The summed E-state index contributed by atoms with van der Waals surface area (Å²) >= 11 is 0. The summed E-state index contributed by atoms with van der Waals surface area (Å²) in [5.41, 5.74) is 7.42. The van der Waals surface area contributed by atoms with E-state index in [1.807, 2.05) is 6.92 Å². The first kappa shape index (κ1) is 8.02. The van der Waals surface area contributed by atoms with Gasteiger partial charge in [-0.25, -0.2) is 0 Å². The summed E-state index contributed by atoms with van der Waals surface area (Å²) in [7, 11) is 0. The molecule has 1 aliphatic rings. The van der Waals surface area contributed by atoms with E-state index < -0.39 is 0 Å². The Bertz CT molecular complexity index is 95.4. The minimum atomic E-state index is -0.160. The Morgan fingerprint density at radius 1 is 1.30 bits per heavy atom. The van der Waals surface area contributed by atoms with Crippen LogP contribution in [0.15, 0.2) is 0 Å². The highest BCUT2D eigenvalue weighted by Crippen LogP contribution is 2.26. The van der Waals surface area contributed by atoms with Crippen LogP contribution < -0.4 is 5.73 Å². The standard InChI is InChI=1S/C8H16NO/c1-6(10)7-2-4-8(9)5-3-7/h6-10H,2-5H2,1H3/t6?,7-,8+. The quantitative estimate of drug-likeness (QED) is 0.587. The largest absolute Gasteiger partial charge is 0.393 e. The predicted molar refractivity (Wildman–Crippen MR) is 40.5 cm³/mol. The number of aliphatic hydroxyl groups is 1. The summed E-state index contributed by atoms with van der Waals surface area (Å²) in [5, 5.41) is 9.20. The van der Waals surface area contributed by atoms with Crippen molar-refractivity contribution in [1.29, 1.82) is 0 Å². The van der Waals surface area contributed by atoms with Gasteiger partial charge < -0.3 is 5.11 Å². The lowest BCUT2D eigenvalue weighted by Gasteiger charge is -2.27. The van der Waals surface area contributed by atoms with Crippen molar-refractivity contribution in [1.82, 2.24) is 5.73 Å². The van der Waals surface area contributed by atoms with Crippen LogP contribution in [0, 0.1) is 5.92 Å². The molecule has 1 saturated carbocycles. The summed E-state index contributed by atoms with van der Waals surface area (Å²) in [5.74, 6) is 0.474. The maximum Gasteiger partial charge on any atom is 0.0540 e. The first-order chi connectivity index (χ1) is 4.70. The van der Waals surface area contributed by atoms with Crippen LogP contribution in [-0.2, 0) is 0 Å². The van der Waals surface area contributed by atoms with Crippen molar-refractivity contribution < 1.29 is 5.11 Å². The first-order valence-electron chi connectivity index (χ1n) is 4.09. The van der Waals surface area contributed by atoms with E-state index in [1.165, 1.54) is 0 Å². The maximum absolute atomic E-state index is 9.20. The van der Waals surface area contributed by atoms with Gasteiger partial charge in [0.2, 0.25) is 0 Å². The topological polar surface area (TPSA) is 44.0 Å². The average molecular weight is 142 g/mol. The zero-order chi connectivity index (χ0) is 7.56. The molecule has 0 aromatic heterocycles. The lowest BCUT2D eigenvalue weighted by atomic mass is 9.84. The molecule has 0 spiro atoms. The molecular weight excluding hydrogens is 126 g/mol. The Labute approximate surface area is 62.4 Å². The molecular formula is C8H16NO. The van der Waals surface area contributed by atoms with Gasteiger partial charge in [0.25, 0.3) is 0 Å². The second kappa shape index (κ2) is 3.35. The highest BCUT2D eigenvalue weighted by Gasteiger charge is 2.21. The average Bonchev–Trinajstić information content (AvgIpc) is 1.88. The van der Waals surface area contributed by atoms with Gasteiger partial charge in [0.05, 0.1) is 6.10 Å². The number of aliphatic hydroxyl groups excluding tert-OH is 1. The van der Waals surface area contributed by atoms with Crippen molar-refractivity contribution in [2.45, 2.75) is 44.8 Å². The second-order valence-electron chi connectivity index (χ2n) is 3.35. The Kier molecular flexibility index (Phi) is 2.69. The fourth-order valence-electron chi connectivity index (χ4n) is 1.60. The van der Waals surface area contributed by atoms with Crippen molar-refractivity contribution in [3.8, 4) is 0 Å². The zero-order valence-corrected chi connectivity index (χ0v) is 6.51. The van der Waals surface area contributed by atoms with Crippen LogP contribution in [0.5, 0.6) is 0 Å². The van der Waals surface area contributed by atoms with Crippen LogP contribution in [0.3, 0.4) is 0 Å². The molecule has 0 heterocycles. The molecule has 1 aliphatic carbocycles. The molecule has 1 fully saturated rings. The molecule has 1 atom stereocenters. The minimum Gasteiger partial charge on any atom is -0.393 e. The maximum atomic E-state index is 9.20. The van der Waals surface area contributed by atoms with Crippen LogP contribution in [-0.4, -0.2) is 17.3 Å². The second-order valence-corrected chi connectivity index (χ2v) is 3.35. The molecule has 2 nitrogen and oxygen atoms in total. The number of hydrogen-bond acceptors (Lipinski definition) is 1. The molecule has 0 aromatic rings. The van der Waals surface area contributed by atoms with E-state index in [9.17, 15) is 5.11 Å².